The van der Waals surface area contributed by atoms with Crippen molar-refractivity contribution in [1.29, 1.82) is 10.8 Å². The molecule has 0 saturated carbocycles. The van der Waals surface area contributed by atoms with Crippen LogP contribution in [0.5, 0.6) is 0 Å². The van der Waals surface area contributed by atoms with Crippen molar-refractivity contribution >= 4 is 12.2 Å². The van der Waals surface area contributed by atoms with Crippen molar-refractivity contribution in [2.24, 2.45) is 0 Å². The van der Waals surface area contributed by atoms with Gasteiger partial charge in [0.1, 0.15) is 0 Å². The second-order valence-electron chi connectivity index (χ2n) is 1.36. The van der Waals surface area contributed by atoms with Crippen LogP contribution < -0.4 is 0 Å². The summed E-state index contributed by atoms with van der Waals surface area (Å²) in [6.07, 6.45) is 1.50. The van der Waals surface area contributed by atoms with Gasteiger partial charge in [-0.2, -0.15) is 0 Å². The number of isocyanates is 2. The molecule has 0 heterocycles. The Labute approximate surface area is 84.6 Å². The van der Waals surface area contributed by atoms with Gasteiger partial charge in [0.15, 0.2) is 0 Å². The van der Waals surface area contributed by atoms with Gasteiger partial charge in [0.25, 0.3) is 0 Å². The zero-order chi connectivity index (χ0) is 9.66. The number of rotatable bonds is 0. The summed E-state index contributed by atoms with van der Waals surface area (Å²) in [4.78, 5) is 16.7. The minimum Gasteiger partial charge on any atom is -0.222 e. The molecule has 0 fully saturated rings. The van der Waals surface area contributed by atoms with Crippen LogP contribution in [-0.2, 0) is 9.59 Å². The summed E-state index contributed by atoms with van der Waals surface area (Å²) in [5.74, 6) is 0. The van der Waals surface area contributed by atoms with E-state index in [-0.39, 0.29) is 14.9 Å². The molecule has 0 aliphatic rings. The summed E-state index contributed by atoms with van der Waals surface area (Å²) in [5.41, 5.74) is 0. The first-order valence-electron chi connectivity index (χ1n) is 2.91. The van der Waals surface area contributed by atoms with Crippen molar-refractivity contribution in [3.05, 3.63) is 36.4 Å². The molecule has 0 radical (unpaired) electrons. The highest BCUT2D eigenvalue weighted by molar-refractivity contribution is 5.26. The molecular formula is C10H16N2O2. The number of carbonyl (C=O) groups excluding carboxylic acids is 2. The second-order valence-corrected chi connectivity index (χ2v) is 1.36. The monoisotopic (exact) mass is 196 g/mol. The van der Waals surface area contributed by atoms with Crippen LogP contribution in [0.1, 0.15) is 14.9 Å². The number of benzene rings is 1. The molecule has 0 saturated heterocycles. The fourth-order valence-electron chi connectivity index (χ4n) is 0.385. The van der Waals surface area contributed by atoms with Crippen LogP contribution in [-0.4, -0.2) is 12.2 Å². The van der Waals surface area contributed by atoms with E-state index in [1.165, 1.54) is 0 Å². The Morgan fingerprint density at radius 2 is 0.714 bits per heavy atom. The molecule has 0 aromatic heterocycles. The summed E-state index contributed by atoms with van der Waals surface area (Å²) in [6, 6.07) is 12.0. The van der Waals surface area contributed by atoms with Crippen molar-refractivity contribution in [2.45, 2.75) is 14.9 Å². The predicted octanol–water partition coefficient (Wildman–Crippen LogP) is 2.76. The van der Waals surface area contributed by atoms with Crippen molar-refractivity contribution in [2.75, 3.05) is 0 Å². The van der Waals surface area contributed by atoms with Crippen LogP contribution in [0.2, 0.25) is 0 Å². The maximum atomic E-state index is 8.35. The molecule has 0 amide bonds. The molecule has 2 N–H and O–H groups in total. The van der Waals surface area contributed by atoms with Crippen molar-refractivity contribution in [3.8, 4) is 0 Å². The average molecular weight is 196 g/mol. The standard InChI is InChI=1S/C6H6.2CHNO.2CH4/c1-2-4-6-5-3-1;2*2-1-3;;/h1-6H;2*2H;2*1H4. The molecule has 0 bridgehead atoms. The summed E-state index contributed by atoms with van der Waals surface area (Å²) >= 11 is 0. The molecule has 1 rings (SSSR count). The molecule has 4 nitrogen and oxygen atoms in total. The molecule has 0 atom stereocenters. The average Bonchev–Trinajstić information content (AvgIpc) is 2.10. The smallest absolute Gasteiger partial charge is 0.222 e. The van der Waals surface area contributed by atoms with Gasteiger partial charge in [-0.1, -0.05) is 51.3 Å². The van der Waals surface area contributed by atoms with Gasteiger partial charge in [0.2, 0.25) is 12.2 Å². The highest BCUT2D eigenvalue weighted by Crippen LogP contribution is 1.79. The first kappa shape index (κ1) is 22.7. The Morgan fingerprint density at radius 1 is 0.643 bits per heavy atom. The normalized spacial score (nSPS) is 4.57. The van der Waals surface area contributed by atoms with E-state index in [1.54, 1.807) is 0 Å². The highest BCUT2D eigenvalue weighted by atomic mass is 16.1. The van der Waals surface area contributed by atoms with Crippen molar-refractivity contribution in [1.82, 2.24) is 0 Å². The fourth-order valence-corrected chi connectivity index (χ4v) is 0.385. The van der Waals surface area contributed by atoms with Crippen LogP contribution in [0.4, 0.5) is 0 Å². The quantitative estimate of drug-likeness (QED) is 0.494. The predicted molar refractivity (Wildman–Crippen MR) is 56.7 cm³/mol. The Bertz CT molecular complexity index is 197. The highest BCUT2D eigenvalue weighted by Gasteiger charge is 1.57. The van der Waals surface area contributed by atoms with Gasteiger partial charge in [0.05, 0.1) is 0 Å². The summed E-state index contributed by atoms with van der Waals surface area (Å²) in [6.45, 7) is 0. The van der Waals surface area contributed by atoms with Gasteiger partial charge in [-0.3, -0.25) is 0 Å². The molecule has 0 spiro atoms. The third-order valence-electron chi connectivity index (χ3n) is 0.667. The first-order valence-corrected chi connectivity index (χ1v) is 2.91. The third kappa shape index (κ3) is 50.8. The molecule has 0 aliphatic heterocycles. The van der Waals surface area contributed by atoms with Crippen LogP contribution in [0.3, 0.4) is 0 Å². The topological polar surface area (TPSA) is 81.8 Å². The molecule has 0 aliphatic carbocycles. The SMILES string of the molecule is C.C.N=C=O.N=C=O.c1ccccc1. The van der Waals surface area contributed by atoms with Gasteiger partial charge < -0.3 is 0 Å². The van der Waals surface area contributed by atoms with Crippen LogP contribution in [0.25, 0.3) is 0 Å². The van der Waals surface area contributed by atoms with Gasteiger partial charge >= 0.3 is 0 Å². The second kappa shape index (κ2) is 30.6. The summed E-state index contributed by atoms with van der Waals surface area (Å²) in [5, 5.41) is 10.8. The van der Waals surface area contributed by atoms with Crippen molar-refractivity contribution < 1.29 is 9.59 Å². The molecule has 4 heteroatoms. The lowest BCUT2D eigenvalue weighted by atomic mass is 10.4. The Morgan fingerprint density at radius 3 is 0.786 bits per heavy atom. The van der Waals surface area contributed by atoms with Gasteiger partial charge in [-0.05, 0) is 0 Å². The first-order chi connectivity index (χ1) is 5.83. The van der Waals surface area contributed by atoms with E-state index in [2.05, 4.69) is 0 Å². The zero-order valence-electron chi connectivity index (χ0n) is 6.28. The van der Waals surface area contributed by atoms with Crippen LogP contribution >= 0.6 is 0 Å². The Balaban J connectivity index is -0.0000000557. The van der Waals surface area contributed by atoms with Gasteiger partial charge in [-0.25, -0.2) is 20.4 Å². The van der Waals surface area contributed by atoms with E-state index >= 15 is 0 Å². The number of hydrogen-bond donors (Lipinski definition) is 2. The van der Waals surface area contributed by atoms with Crippen LogP contribution in [0, 0.1) is 10.8 Å². The molecule has 0 unspecified atom stereocenters. The third-order valence-corrected chi connectivity index (χ3v) is 0.667. The van der Waals surface area contributed by atoms with E-state index in [0.29, 0.717) is 0 Å². The Kier molecular flexibility index (Phi) is 49.5. The number of hydrogen-bond acceptors (Lipinski definition) is 4. The molecule has 1 aromatic carbocycles. The summed E-state index contributed by atoms with van der Waals surface area (Å²) in [7, 11) is 0. The molecule has 78 valence electrons. The fraction of sp³-hybridized carbons (Fsp3) is 0.200. The van der Waals surface area contributed by atoms with Gasteiger partial charge in [-0.15, -0.1) is 0 Å². The van der Waals surface area contributed by atoms with E-state index in [9.17, 15) is 0 Å². The maximum Gasteiger partial charge on any atom is 0.231 e. The summed E-state index contributed by atoms with van der Waals surface area (Å²) < 4.78 is 0. The lowest BCUT2D eigenvalue weighted by Gasteiger charge is -1.69. The van der Waals surface area contributed by atoms with E-state index in [1.807, 2.05) is 36.4 Å². The molecule has 1 aromatic rings. The largest absolute Gasteiger partial charge is 0.231 e. The Hall–Kier alpha value is -2.02. The lowest BCUT2D eigenvalue weighted by molar-refractivity contribution is 0.562. The molecular weight excluding hydrogens is 180 g/mol. The zero-order valence-corrected chi connectivity index (χ0v) is 6.28. The van der Waals surface area contributed by atoms with Crippen molar-refractivity contribution in [3.63, 3.8) is 0 Å². The molecule has 14 heavy (non-hydrogen) atoms. The van der Waals surface area contributed by atoms with E-state index in [4.69, 9.17) is 20.4 Å². The van der Waals surface area contributed by atoms with Crippen LogP contribution in [0.15, 0.2) is 36.4 Å². The van der Waals surface area contributed by atoms with E-state index in [0.717, 1.165) is 12.2 Å². The minimum absolute atomic E-state index is 0. The van der Waals surface area contributed by atoms with Gasteiger partial charge in [0, 0.05) is 0 Å². The lowest BCUT2D eigenvalue weighted by Crippen LogP contribution is -1.47. The van der Waals surface area contributed by atoms with E-state index < -0.39 is 0 Å². The minimum atomic E-state index is 0. The maximum absolute atomic E-state index is 8.35. The number of nitrogens with one attached hydrogen (secondary N) is 2.